The third kappa shape index (κ3) is 4.42. The van der Waals surface area contributed by atoms with Crippen molar-refractivity contribution in [1.82, 2.24) is 15.2 Å². The Balaban J connectivity index is 1.53. The summed E-state index contributed by atoms with van der Waals surface area (Å²) in [6.07, 6.45) is 5.57. The molecule has 1 aromatic carbocycles. The van der Waals surface area contributed by atoms with Crippen LogP contribution in [-0.2, 0) is 17.9 Å². The number of likely N-dealkylation sites (tertiary alicyclic amines) is 1. The molecule has 4 nitrogen and oxygen atoms in total. The predicted octanol–water partition coefficient (Wildman–Crippen LogP) is 2.92. The van der Waals surface area contributed by atoms with Gasteiger partial charge in [-0.3, -0.25) is 14.7 Å². The van der Waals surface area contributed by atoms with Crippen LogP contribution in [0.5, 0.6) is 0 Å². The van der Waals surface area contributed by atoms with E-state index in [4.69, 9.17) is 0 Å². The van der Waals surface area contributed by atoms with Gasteiger partial charge in [0, 0.05) is 32.0 Å². The molecule has 1 N–H and O–H groups in total. The zero-order chi connectivity index (χ0) is 16.8. The highest BCUT2D eigenvalue weighted by Gasteiger charge is 2.25. The molecule has 0 radical (unpaired) electrons. The largest absolute Gasteiger partial charge is 0.352 e. The lowest BCUT2D eigenvalue weighted by Crippen LogP contribution is -2.42. The maximum Gasteiger partial charge on any atom is 0.224 e. The summed E-state index contributed by atoms with van der Waals surface area (Å²) in [5.74, 6) is 0.255. The summed E-state index contributed by atoms with van der Waals surface area (Å²) in [7, 11) is 0. The zero-order valence-corrected chi connectivity index (χ0v) is 14.2. The molecule has 3 rings (SSSR count). The molecule has 1 aliphatic rings. The van der Waals surface area contributed by atoms with E-state index in [1.807, 2.05) is 12.1 Å². The van der Waals surface area contributed by atoms with Crippen LogP contribution in [0.25, 0.3) is 0 Å². The molecule has 1 atom stereocenters. The molecule has 24 heavy (non-hydrogen) atoms. The molecule has 4 heteroatoms. The summed E-state index contributed by atoms with van der Waals surface area (Å²) in [4.78, 5) is 18.9. The maximum atomic E-state index is 12.5. The average Bonchev–Trinajstić information content (AvgIpc) is 2.63. The Hall–Kier alpha value is -2.20. The van der Waals surface area contributed by atoms with E-state index in [1.165, 1.54) is 11.1 Å². The molecule has 0 aliphatic carbocycles. The van der Waals surface area contributed by atoms with Crippen LogP contribution in [0.2, 0.25) is 0 Å². The van der Waals surface area contributed by atoms with Crippen molar-refractivity contribution in [2.24, 2.45) is 5.92 Å². The Morgan fingerprint density at radius 2 is 2.04 bits per heavy atom. The van der Waals surface area contributed by atoms with Gasteiger partial charge in [0.25, 0.3) is 0 Å². The van der Waals surface area contributed by atoms with Crippen LogP contribution >= 0.6 is 0 Å². The van der Waals surface area contributed by atoms with E-state index < -0.39 is 0 Å². The van der Waals surface area contributed by atoms with Gasteiger partial charge >= 0.3 is 0 Å². The Kier molecular flexibility index (Phi) is 5.59. The number of nitrogens with zero attached hydrogens (tertiary/aromatic N) is 2. The van der Waals surface area contributed by atoms with Crippen molar-refractivity contribution in [3.8, 4) is 0 Å². The van der Waals surface area contributed by atoms with E-state index in [-0.39, 0.29) is 11.8 Å². The lowest BCUT2D eigenvalue weighted by molar-refractivity contribution is -0.126. The maximum absolute atomic E-state index is 12.5. The lowest BCUT2D eigenvalue weighted by atomic mass is 9.96. The fourth-order valence-electron chi connectivity index (χ4n) is 3.28. The van der Waals surface area contributed by atoms with Crippen molar-refractivity contribution >= 4 is 5.91 Å². The van der Waals surface area contributed by atoms with Gasteiger partial charge in [0.2, 0.25) is 5.91 Å². The number of hydrogen-bond acceptors (Lipinski definition) is 3. The third-order valence-corrected chi connectivity index (χ3v) is 4.75. The monoisotopic (exact) mass is 323 g/mol. The minimum Gasteiger partial charge on any atom is -0.352 e. The van der Waals surface area contributed by atoms with Gasteiger partial charge in [0.05, 0.1) is 5.92 Å². The van der Waals surface area contributed by atoms with Crippen molar-refractivity contribution in [1.29, 1.82) is 0 Å². The molecule has 2 heterocycles. The van der Waals surface area contributed by atoms with Gasteiger partial charge in [0.1, 0.15) is 0 Å². The molecule has 1 aromatic heterocycles. The van der Waals surface area contributed by atoms with Crippen molar-refractivity contribution in [2.45, 2.75) is 32.9 Å². The Bertz CT molecular complexity index is 672. The molecule has 0 bridgehead atoms. The van der Waals surface area contributed by atoms with Crippen molar-refractivity contribution < 1.29 is 4.79 Å². The van der Waals surface area contributed by atoms with Crippen molar-refractivity contribution in [2.75, 3.05) is 13.1 Å². The summed E-state index contributed by atoms with van der Waals surface area (Å²) in [6, 6.07) is 12.4. The molecular formula is C20H25N3O. The Morgan fingerprint density at radius 3 is 2.83 bits per heavy atom. The van der Waals surface area contributed by atoms with Gasteiger partial charge in [-0.1, -0.05) is 24.3 Å². The van der Waals surface area contributed by atoms with Gasteiger partial charge < -0.3 is 5.32 Å². The molecule has 0 spiro atoms. The smallest absolute Gasteiger partial charge is 0.224 e. The van der Waals surface area contributed by atoms with E-state index in [1.54, 1.807) is 12.4 Å². The number of pyridine rings is 1. The van der Waals surface area contributed by atoms with E-state index in [2.05, 4.69) is 46.4 Å². The molecule has 2 aromatic rings. The summed E-state index contributed by atoms with van der Waals surface area (Å²) in [5.41, 5.74) is 3.77. The molecule has 0 saturated carbocycles. The fourth-order valence-corrected chi connectivity index (χ4v) is 3.28. The number of benzene rings is 1. The van der Waals surface area contributed by atoms with E-state index >= 15 is 0 Å². The normalized spacial score (nSPS) is 18.3. The summed E-state index contributed by atoms with van der Waals surface area (Å²) in [6.45, 7) is 5.58. The molecule has 1 unspecified atom stereocenters. The molecule has 1 fully saturated rings. The number of piperidine rings is 1. The second kappa shape index (κ2) is 8.06. The van der Waals surface area contributed by atoms with Crippen LogP contribution in [0.4, 0.5) is 0 Å². The average molecular weight is 323 g/mol. The van der Waals surface area contributed by atoms with Gasteiger partial charge in [0.15, 0.2) is 0 Å². The first-order valence-corrected chi connectivity index (χ1v) is 8.66. The number of nitrogens with one attached hydrogen (secondary N) is 1. The topological polar surface area (TPSA) is 45.2 Å². The van der Waals surface area contributed by atoms with Crippen LogP contribution in [0, 0.1) is 12.8 Å². The Labute approximate surface area is 143 Å². The predicted molar refractivity (Wildman–Crippen MR) is 95.3 cm³/mol. The molecule has 1 saturated heterocycles. The molecule has 126 valence electrons. The van der Waals surface area contributed by atoms with Crippen molar-refractivity contribution in [3.63, 3.8) is 0 Å². The standard InChI is InChI=1S/C20H25N3O/c1-16-5-2-3-6-18(16)14-23-12-4-7-19(15-23)20(24)22-13-17-8-10-21-11-9-17/h2-3,5-6,8-11,19H,4,7,12-15H2,1H3,(H,22,24). The molecular weight excluding hydrogens is 298 g/mol. The quantitative estimate of drug-likeness (QED) is 0.920. The highest BCUT2D eigenvalue weighted by Crippen LogP contribution is 2.20. The van der Waals surface area contributed by atoms with E-state index in [0.29, 0.717) is 6.54 Å². The SMILES string of the molecule is Cc1ccccc1CN1CCCC(C(=O)NCc2ccncc2)C1. The number of amides is 1. The first-order chi connectivity index (χ1) is 11.7. The minimum atomic E-state index is 0.0876. The van der Waals surface area contributed by atoms with Gasteiger partial charge in [-0.2, -0.15) is 0 Å². The number of carbonyl (C=O) groups is 1. The lowest BCUT2D eigenvalue weighted by Gasteiger charge is -2.32. The zero-order valence-electron chi connectivity index (χ0n) is 14.2. The van der Waals surface area contributed by atoms with Gasteiger partial charge in [-0.15, -0.1) is 0 Å². The first-order valence-electron chi connectivity index (χ1n) is 8.66. The fraction of sp³-hybridized carbons (Fsp3) is 0.400. The first kappa shape index (κ1) is 16.7. The number of aromatic nitrogens is 1. The summed E-state index contributed by atoms with van der Waals surface area (Å²) in [5, 5.41) is 3.07. The molecule has 1 aliphatic heterocycles. The van der Waals surface area contributed by atoms with Crippen LogP contribution in [-0.4, -0.2) is 28.9 Å². The molecule has 1 amide bonds. The number of rotatable bonds is 5. The Morgan fingerprint density at radius 1 is 1.25 bits per heavy atom. The van der Waals surface area contributed by atoms with Gasteiger partial charge in [-0.25, -0.2) is 0 Å². The third-order valence-electron chi connectivity index (χ3n) is 4.75. The van der Waals surface area contributed by atoms with Crippen LogP contribution in [0.1, 0.15) is 29.5 Å². The van der Waals surface area contributed by atoms with Crippen LogP contribution in [0.15, 0.2) is 48.8 Å². The van der Waals surface area contributed by atoms with E-state index in [0.717, 1.165) is 38.0 Å². The van der Waals surface area contributed by atoms with Crippen LogP contribution < -0.4 is 5.32 Å². The summed E-state index contributed by atoms with van der Waals surface area (Å²) >= 11 is 0. The number of carbonyl (C=O) groups excluding carboxylic acids is 1. The second-order valence-corrected chi connectivity index (χ2v) is 6.57. The highest BCUT2D eigenvalue weighted by molar-refractivity contribution is 5.78. The highest BCUT2D eigenvalue weighted by atomic mass is 16.1. The van der Waals surface area contributed by atoms with E-state index in [9.17, 15) is 4.79 Å². The number of aryl methyl sites for hydroxylation is 1. The van der Waals surface area contributed by atoms with Crippen molar-refractivity contribution in [3.05, 3.63) is 65.5 Å². The number of hydrogen-bond donors (Lipinski definition) is 1. The second-order valence-electron chi connectivity index (χ2n) is 6.57. The minimum absolute atomic E-state index is 0.0876. The summed E-state index contributed by atoms with van der Waals surface area (Å²) < 4.78 is 0. The van der Waals surface area contributed by atoms with Crippen LogP contribution in [0.3, 0.4) is 0 Å². The van der Waals surface area contributed by atoms with Gasteiger partial charge in [-0.05, 0) is 55.1 Å².